The highest BCUT2D eigenvalue weighted by molar-refractivity contribution is 7.99. The quantitative estimate of drug-likeness (QED) is 0.577. The summed E-state index contributed by atoms with van der Waals surface area (Å²) in [6.07, 6.45) is 0. The fourth-order valence-electron chi connectivity index (χ4n) is 2.83. The standard InChI is InChI=1S/C22H14N4O4S/c1-30-22(29)14-4-2-12(3-5-14)18-16(10-23)19(25)26-20(17(18)11-24)31-15-8-6-13(7-9-15)21(27)28/h2-9H,1H3,(H2,25,26)(H,27,28). The lowest BCUT2D eigenvalue weighted by molar-refractivity contribution is 0.0600. The molecule has 152 valence electrons. The molecule has 8 nitrogen and oxygen atoms in total. The molecule has 3 rings (SSSR count). The Morgan fingerprint density at radius 1 is 1.00 bits per heavy atom. The van der Waals surface area contributed by atoms with Crippen LogP contribution >= 0.6 is 11.8 Å². The van der Waals surface area contributed by atoms with Gasteiger partial charge >= 0.3 is 11.9 Å². The van der Waals surface area contributed by atoms with E-state index in [1.165, 1.54) is 31.4 Å². The zero-order valence-electron chi connectivity index (χ0n) is 16.1. The van der Waals surface area contributed by atoms with Crippen LogP contribution in [0.5, 0.6) is 0 Å². The van der Waals surface area contributed by atoms with Crippen LogP contribution in [0.1, 0.15) is 31.8 Å². The Morgan fingerprint density at radius 2 is 1.58 bits per heavy atom. The van der Waals surface area contributed by atoms with Gasteiger partial charge in [0.25, 0.3) is 0 Å². The van der Waals surface area contributed by atoms with Crippen molar-refractivity contribution in [2.75, 3.05) is 12.8 Å². The highest BCUT2D eigenvalue weighted by atomic mass is 32.2. The van der Waals surface area contributed by atoms with Crippen LogP contribution in [0, 0.1) is 22.7 Å². The van der Waals surface area contributed by atoms with E-state index >= 15 is 0 Å². The summed E-state index contributed by atoms with van der Waals surface area (Å²) >= 11 is 1.12. The fourth-order valence-corrected chi connectivity index (χ4v) is 3.72. The average molecular weight is 430 g/mol. The van der Waals surface area contributed by atoms with Gasteiger partial charge in [-0.3, -0.25) is 0 Å². The van der Waals surface area contributed by atoms with Crippen molar-refractivity contribution < 1.29 is 19.4 Å². The number of benzene rings is 2. The Morgan fingerprint density at radius 3 is 2.10 bits per heavy atom. The van der Waals surface area contributed by atoms with Gasteiger partial charge in [-0.25, -0.2) is 14.6 Å². The highest BCUT2D eigenvalue weighted by Gasteiger charge is 2.21. The molecular weight excluding hydrogens is 416 g/mol. The zero-order valence-corrected chi connectivity index (χ0v) is 16.9. The van der Waals surface area contributed by atoms with Crippen molar-refractivity contribution in [3.05, 3.63) is 70.8 Å². The van der Waals surface area contributed by atoms with Gasteiger partial charge in [-0.15, -0.1) is 0 Å². The van der Waals surface area contributed by atoms with Crippen LogP contribution in [-0.2, 0) is 4.74 Å². The number of nitrogens with zero attached hydrogens (tertiary/aromatic N) is 3. The summed E-state index contributed by atoms with van der Waals surface area (Å²) in [5.41, 5.74) is 7.46. The summed E-state index contributed by atoms with van der Waals surface area (Å²) in [5.74, 6) is -1.60. The third-order valence-corrected chi connectivity index (χ3v) is 5.32. The van der Waals surface area contributed by atoms with Crippen LogP contribution in [-0.4, -0.2) is 29.1 Å². The number of nitriles is 2. The van der Waals surface area contributed by atoms with Gasteiger partial charge < -0.3 is 15.6 Å². The smallest absolute Gasteiger partial charge is 0.337 e. The van der Waals surface area contributed by atoms with Crippen LogP contribution in [0.15, 0.2) is 58.5 Å². The molecule has 1 aromatic heterocycles. The first kappa shape index (κ1) is 21.4. The van der Waals surface area contributed by atoms with Crippen molar-refractivity contribution >= 4 is 29.5 Å². The van der Waals surface area contributed by atoms with Crippen LogP contribution in [0.25, 0.3) is 11.1 Å². The molecule has 0 aliphatic heterocycles. The topological polar surface area (TPSA) is 150 Å². The highest BCUT2D eigenvalue weighted by Crippen LogP contribution is 2.38. The van der Waals surface area contributed by atoms with E-state index in [1.54, 1.807) is 24.3 Å². The molecule has 0 bridgehead atoms. The Bertz CT molecular complexity index is 1260. The first-order chi connectivity index (χ1) is 14.9. The molecule has 0 amide bonds. The van der Waals surface area contributed by atoms with Crippen LogP contribution < -0.4 is 5.73 Å². The number of nitrogens with two attached hydrogens (primary N) is 1. The molecule has 2 aromatic carbocycles. The molecule has 0 aliphatic carbocycles. The predicted molar refractivity (Wildman–Crippen MR) is 112 cm³/mol. The summed E-state index contributed by atoms with van der Waals surface area (Å²) < 4.78 is 4.69. The van der Waals surface area contributed by atoms with E-state index in [4.69, 9.17) is 10.8 Å². The zero-order chi connectivity index (χ0) is 22.5. The van der Waals surface area contributed by atoms with Gasteiger partial charge in [-0.2, -0.15) is 10.5 Å². The van der Waals surface area contributed by atoms with E-state index in [0.717, 1.165) is 11.8 Å². The van der Waals surface area contributed by atoms with Crippen molar-refractivity contribution in [2.24, 2.45) is 0 Å². The molecule has 0 spiro atoms. The van der Waals surface area contributed by atoms with Crippen LogP contribution in [0.2, 0.25) is 0 Å². The molecular formula is C22H14N4O4S. The number of aromatic carboxylic acids is 1. The van der Waals surface area contributed by atoms with Gasteiger partial charge in [0.1, 0.15) is 28.5 Å². The van der Waals surface area contributed by atoms with Crippen molar-refractivity contribution in [1.82, 2.24) is 4.98 Å². The minimum Gasteiger partial charge on any atom is -0.478 e. The number of esters is 1. The molecule has 1 heterocycles. The summed E-state index contributed by atoms with van der Waals surface area (Å²) in [7, 11) is 1.27. The Balaban J connectivity index is 2.12. The molecule has 0 atom stereocenters. The van der Waals surface area contributed by atoms with Gasteiger partial charge in [0.2, 0.25) is 0 Å². The molecule has 0 aliphatic rings. The molecule has 0 radical (unpaired) electrons. The number of hydrogen-bond acceptors (Lipinski definition) is 8. The molecule has 0 saturated heterocycles. The van der Waals surface area contributed by atoms with Crippen molar-refractivity contribution in [3.63, 3.8) is 0 Å². The van der Waals surface area contributed by atoms with Gasteiger partial charge in [-0.05, 0) is 42.0 Å². The summed E-state index contributed by atoms with van der Waals surface area (Å²) in [5, 5.41) is 28.8. The number of carbonyl (C=O) groups is 2. The first-order valence-corrected chi connectivity index (χ1v) is 9.54. The lowest BCUT2D eigenvalue weighted by Crippen LogP contribution is -2.04. The van der Waals surface area contributed by atoms with Gasteiger partial charge in [0.15, 0.2) is 0 Å². The van der Waals surface area contributed by atoms with Crippen LogP contribution in [0.3, 0.4) is 0 Å². The monoisotopic (exact) mass is 430 g/mol. The molecule has 31 heavy (non-hydrogen) atoms. The number of aromatic nitrogens is 1. The normalized spacial score (nSPS) is 10.0. The summed E-state index contributed by atoms with van der Waals surface area (Å²) in [6, 6.07) is 16.4. The summed E-state index contributed by atoms with van der Waals surface area (Å²) in [4.78, 5) is 27.6. The predicted octanol–water partition coefficient (Wildman–Crippen LogP) is 3.71. The molecule has 0 saturated carbocycles. The molecule has 9 heteroatoms. The minimum atomic E-state index is -1.05. The average Bonchev–Trinajstić information content (AvgIpc) is 2.78. The number of pyridine rings is 1. The Labute approximate surface area is 181 Å². The second-order valence-corrected chi connectivity index (χ2v) is 7.21. The number of ether oxygens (including phenoxy) is 1. The van der Waals surface area contributed by atoms with Crippen molar-refractivity contribution in [2.45, 2.75) is 9.92 Å². The van der Waals surface area contributed by atoms with Crippen LogP contribution in [0.4, 0.5) is 5.82 Å². The largest absolute Gasteiger partial charge is 0.478 e. The number of nitrogen functional groups attached to an aromatic ring is 1. The van der Waals surface area contributed by atoms with E-state index in [-0.39, 0.29) is 27.5 Å². The van der Waals surface area contributed by atoms with E-state index in [0.29, 0.717) is 21.6 Å². The maximum Gasteiger partial charge on any atom is 0.337 e. The second kappa shape index (κ2) is 8.99. The lowest BCUT2D eigenvalue weighted by Gasteiger charge is -2.13. The molecule has 3 N–H and O–H groups in total. The van der Waals surface area contributed by atoms with E-state index in [1.807, 2.05) is 6.07 Å². The van der Waals surface area contributed by atoms with Gasteiger partial charge in [0.05, 0.1) is 23.8 Å². The second-order valence-electron chi connectivity index (χ2n) is 6.15. The van der Waals surface area contributed by atoms with E-state index in [9.17, 15) is 20.1 Å². The molecule has 0 fully saturated rings. The number of carboxylic acid groups (broad SMARTS) is 1. The third-order valence-electron chi connectivity index (χ3n) is 4.33. The fraction of sp³-hybridized carbons (Fsp3) is 0.0455. The number of hydrogen-bond donors (Lipinski definition) is 2. The third kappa shape index (κ3) is 4.32. The molecule has 0 unspecified atom stereocenters. The number of carbonyl (C=O) groups excluding carboxylic acids is 1. The number of carboxylic acids is 1. The van der Waals surface area contributed by atoms with E-state index < -0.39 is 11.9 Å². The maximum absolute atomic E-state index is 11.7. The SMILES string of the molecule is COC(=O)c1ccc(-c2c(C#N)c(N)nc(Sc3ccc(C(=O)O)cc3)c2C#N)cc1. The summed E-state index contributed by atoms with van der Waals surface area (Å²) in [6.45, 7) is 0. The Hall–Kier alpha value is -4.34. The first-order valence-electron chi connectivity index (χ1n) is 8.73. The van der Waals surface area contributed by atoms with Crippen molar-refractivity contribution in [1.29, 1.82) is 10.5 Å². The minimum absolute atomic E-state index is 0.0433. The maximum atomic E-state index is 11.7. The van der Waals surface area contributed by atoms with Gasteiger partial charge in [-0.1, -0.05) is 23.9 Å². The number of methoxy groups -OCH3 is 1. The Kier molecular flexibility index (Phi) is 6.20. The van der Waals surface area contributed by atoms with Gasteiger partial charge in [0, 0.05) is 10.5 Å². The molecule has 3 aromatic rings. The number of rotatable bonds is 5. The number of anilines is 1. The van der Waals surface area contributed by atoms with Crippen molar-refractivity contribution in [3.8, 4) is 23.3 Å². The lowest BCUT2D eigenvalue weighted by atomic mass is 9.96. The van der Waals surface area contributed by atoms with E-state index in [2.05, 4.69) is 15.8 Å².